The van der Waals surface area contributed by atoms with Gasteiger partial charge in [-0.05, 0) is 24.3 Å². The Morgan fingerprint density at radius 1 is 1.14 bits per heavy atom. The lowest BCUT2D eigenvalue weighted by Crippen LogP contribution is -2.15. The number of hydrogen-bond acceptors (Lipinski definition) is 4. The highest BCUT2D eigenvalue weighted by Crippen LogP contribution is 2.05. The first-order valence-corrected chi connectivity index (χ1v) is 6.20. The topological polar surface area (TPSA) is 92.7 Å². The lowest BCUT2D eigenvalue weighted by molar-refractivity contribution is 0.101. The van der Waals surface area contributed by atoms with E-state index in [-0.39, 0.29) is 5.82 Å². The van der Waals surface area contributed by atoms with Gasteiger partial charge in [-0.1, -0.05) is 18.2 Å². The van der Waals surface area contributed by atoms with Crippen LogP contribution in [0.15, 0.2) is 59.7 Å². The maximum absolute atomic E-state index is 12.0. The Balaban J connectivity index is 1.87. The number of anilines is 1. The van der Waals surface area contributed by atoms with Crippen LogP contribution in [0.3, 0.4) is 0 Å². The predicted molar refractivity (Wildman–Crippen MR) is 76.4 cm³/mol. The number of H-pyrrole nitrogens is 1. The zero-order valence-electron chi connectivity index (χ0n) is 10.9. The second-order valence-corrected chi connectivity index (χ2v) is 4.22. The average Bonchev–Trinajstić information content (AvgIpc) is 2.91. The second kappa shape index (κ2) is 5.41. The number of carbonyl (C=O) groups excluding carboxylic acids is 1. The molecule has 2 heterocycles. The van der Waals surface area contributed by atoms with E-state index in [0.717, 1.165) is 4.68 Å². The quantitative estimate of drug-likeness (QED) is 0.754. The predicted octanol–water partition coefficient (Wildman–Crippen LogP) is 1.21. The number of nitrogens with zero attached hydrogens (tertiary/aromatic N) is 3. The van der Waals surface area contributed by atoms with Crippen LogP contribution in [0, 0.1) is 0 Å². The fourth-order valence-electron chi connectivity index (χ4n) is 1.80. The molecule has 104 valence electrons. The van der Waals surface area contributed by atoms with Crippen molar-refractivity contribution in [3.63, 3.8) is 0 Å². The Bertz CT molecular complexity index is 808. The van der Waals surface area contributed by atoms with Gasteiger partial charge < -0.3 is 5.32 Å². The zero-order valence-corrected chi connectivity index (χ0v) is 10.9. The third-order valence-corrected chi connectivity index (χ3v) is 2.75. The molecule has 0 spiro atoms. The molecule has 0 unspecified atom stereocenters. The summed E-state index contributed by atoms with van der Waals surface area (Å²) in [5.41, 5.74) is 0.634. The number of hydrogen-bond donors (Lipinski definition) is 2. The summed E-state index contributed by atoms with van der Waals surface area (Å²) in [6, 6.07) is 12.2. The smallest absolute Gasteiger partial charge is 0.318 e. The number of rotatable bonds is 3. The number of benzene rings is 1. The van der Waals surface area contributed by atoms with Crippen LogP contribution in [-0.2, 0) is 0 Å². The largest absolute Gasteiger partial charge is 0.348 e. The third kappa shape index (κ3) is 2.71. The van der Waals surface area contributed by atoms with E-state index in [1.165, 1.54) is 6.20 Å². The first-order valence-electron chi connectivity index (χ1n) is 6.20. The minimum Gasteiger partial charge on any atom is -0.318 e. The van der Waals surface area contributed by atoms with Crippen LogP contribution in [0.1, 0.15) is 10.6 Å². The van der Waals surface area contributed by atoms with Gasteiger partial charge in [-0.3, -0.25) is 14.8 Å². The molecule has 2 N–H and O–H groups in total. The van der Waals surface area contributed by atoms with Crippen LogP contribution in [0.4, 0.5) is 5.69 Å². The van der Waals surface area contributed by atoms with Crippen LogP contribution < -0.4 is 11.0 Å². The minimum absolute atomic E-state index is 0.0623. The van der Waals surface area contributed by atoms with Gasteiger partial charge >= 0.3 is 5.69 Å². The summed E-state index contributed by atoms with van der Waals surface area (Å²) in [6.45, 7) is 0. The van der Waals surface area contributed by atoms with E-state index < -0.39 is 11.6 Å². The van der Waals surface area contributed by atoms with E-state index in [2.05, 4.69) is 20.4 Å². The number of para-hydroxylation sites is 1. The van der Waals surface area contributed by atoms with Gasteiger partial charge in [0.15, 0.2) is 0 Å². The highest BCUT2D eigenvalue weighted by molar-refractivity contribution is 6.01. The SMILES string of the molecule is O=C(Nc1cccnc1)c1nn(-c2ccccc2)c(=O)[nH]1. The molecule has 0 saturated heterocycles. The van der Waals surface area contributed by atoms with Crippen LogP contribution >= 0.6 is 0 Å². The summed E-state index contributed by atoms with van der Waals surface area (Å²) in [7, 11) is 0. The maximum atomic E-state index is 12.0. The molecule has 0 fully saturated rings. The number of amides is 1. The molecular weight excluding hydrogens is 270 g/mol. The minimum atomic E-state index is -0.505. The summed E-state index contributed by atoms with van der Waals surface area (Å²) < 4.78 is 1.14. The fraction of sp³-hybridized carbons (Fsp3) is 0. The summed E-state index contributed by atoms with van der Waals surface area (Å²) in [6.07, 6.45) is 3.10. The molecule has 0 aliphatic rings. The monoisotopic (exact) mass is 281 g/mol. The molecule has 1 amide bonds. The Morgan fingerprint density at radius 3 is 2.67 bits per heavy atom. The molecule has 1 aromatic carbocycles. The van der Waals surface area contributed by atoms with Crippen molar-refractivity contribution in [2.24, 2.45) is 0 Å². The molecule has 21 heavy (non-hydrogen) atoms. The highest BCUT2D eigenvalue weighted by atomic mass is 16.2. The Morgan fingerprint density at radius 2 is 1.95 bits per heavy atom. The normalized spacial score (nSPS) is 10.3. The van der Waals surface area contributed by atoms with E-state index in [0.29, 0.717) is 11.4 Å². The first kappa shape index (κ1) is 12.8. The average molecular weight is 281 g/mol. The molecule has 7 nitrogen and oxygen atoms in total. The van der Waals surface area contributed by atoms with Gasteiger partial charge in [-0.25, -0.2) is 4.79 Å². The summed E-state index contributed by atoms with van der Waals surface area (Å²) in [5, 5.41) is 6.60. The van der Waals surface area contributed by atoms with Crippen molar-refractivity contribution in [3.8, 4) is 5.69 Å². The van der Waals surface area contributed by atoms with Gasteiger partial charge in [0.25, 0.3) is 5.91 Å². The molecule has 0 radical (unpaired) electrons. The third-order valence-electron chi connectivity index (χ3n) is 2.75. The summed E-state index contributed by atoms with van der Waals surface area (Å²) >= 11 is 0. The number of pyridine rings is 1. The van der Waals surface area contributed by atoms with Crippen molar-refractivity contribution in [1.29, 1.82) is 0 Å². The number of nitrogens with one attached hydrogen (secondary N) is 2. The lowest BCUT2D eigenvalue weighted by atomic mass is 10.3. The lowest BCUT2D eigenvalue weighted by Gasteiger charge is -2.01. The van der Waals surface area contributed by atoms with Crippen LogP contribution in [-0.4, -0.2) is 25.7 Å². The van der Waals surface area contributed by atoms with Crippen molar-refractivity contribution >= 4 is 11.6 Å². The van der Waals surface area contributed by atoms with E-state index in [4.69, 9.17) is 0 Å². The number of aromatic nitrogens is 4. The van der Waals surface area contributed by atoms with Crippen molar-refractivity contribution in [2.75, 3.05) is 5.32 Å². The molecule has 0 aliphatic carbocycles. The van der Waals surface area contributed by atoms with Gasteiger partial charge in [0.1, 0.15) is 0 Å². The number of aromatic amines is 1. The van der Waals surface area contributed by atoms with E-state index in [1.54, 1.807) is 42.6 Å². The molecule has 0 saturated carbocycles. The van der Waals surface area contributed by atoms with Crippen LogP contribution in [0.2, 0.25) is 0 Å². The van der Waals surface area contributed by atoms with Crippen LogP contribution in [0.5, 0.6) is 0 Å². The zero-order chi connectivity index (χ0) is 14.7. The van der Waals surface area contributed by atoms with Crippen LogP contribution in [0.25, 0.3) is 5.69 Å². The van der Waals surface area contributed by atoms with Gasteiger partial charge in [-0.2, -0.15) is 4.68 Å². The van der Waals surface area contributed by atoms with Gasteiger partial charge in [0.2, 0.25) is 5.82 Å². The van der Waals surface area contributed by atoms with Crippen molar-refractivity contribution in [3.05, 3.63) is 71.2 Å². The van der Waals surface area contributed by atoms with Gasteiger partial charge in [0, 0.05) is 6.20 Å². The molecule has 3 rings (SSSR count). The molecule has 2 aromatic heterocycles. The van der Waals surface area contributed by atoms with E-state index in [1.807, 2.05) is 6.07 Å². The van der Waals surface area contributed by atoms with Crippen molar-refractivity contribution in [1.82, 2.24) is 19.7 Å². The van der Waals surface area contributed by atoms with E-state index in [9.17, 15) is 9.59 Å². The second-order valence-electron chi connectivity index (χ2n) is 4.22. The Hall–Kier alpha value is -3.22. The fourth-order valence-corrected chi connectivity index (χ4v) is 1.80. The Kier molecular flexibility index (Phi) is 3.30. The maximum Gasteiger partial charge on any atom is 0.348 e. The van der Waals surface area contributed by atoms with Crippen molar-refractivity contribution in [2.45, 2.75) is 0 Å². The highest BCUT2D eigenvalue weighted by Gasteiger charge is 2.14. The molecule has 0 atom stereocenters. The number of carbonyl (C=O) groups is 1. The molecule has 0 aliphatic heterocycles. The molecule has 7 heteroatoms. The molecule has 0 bridgehead atoms. The standard InChI is InChI=1S/C14H11N5O2/c20-13(16-10-5-4-8-15-9-10)12-17-14(21)19(18-12)11-6-2-1-3-7-11/h1-9H,(H,16,20)(H,17,18,21). The molecule has 3 aromatic rings. The first-order chi connectivity index (χ1) is 10.2. The van der Waals surface area contributed by atoms with Crippen molar-refractivity contribution < 1.29 is 4.79 Å². The van der Waals surface area contributed by atoms with E-state index >= 15 is 0 Å². The van der Waals surface area contributed by atoms with Gasteiger partial charge in [0.05, 0.1) is 17.6 Å². The van der Waals surface area contributed by atoms with Gasteiger partial charge in [-0.15, -0.1) is 5.10 Å². The molecular formula is C14H11N5O2. The summed E-state index contributed by atoms with van der Waals surface area (Å²) in [4.78, 5) is 30.2. The summed E-state index contributed by atoms with van der Waals surface area (Å²) in [5.74, 6) is -0.567. The Labute approximate surface area is 119 Å².